The summed E-state index contributed by atoms with van der Waals surface area (Å²) in [4.78, 5) is 15.2. The van der Waals surface area contributed by atoms with Gasteiger partial charge in [-0.05, 0) is 12.1 Å². The maximum absolute atomic E-state index is 11.2. The third kappa shape index (κ3) is 1.52. The van der Waals surface area contributed by atoms with Crippen LogP contribution in [0.3, 0.4) is 0 Å². The molecular formula is C12H8N2O2S. The Morgan fingerprint density at radius 3 is 2.94 bits per heavy atom. The Labute approximate surface area is 101 Å². The molecule has 0 fully saturated rings. The first-order valence-corrected chi connectivity index (χ1v) is 5.87. The Kier molecular flexibility index (Phi) is 2.19. The maximum Gasteiger partial charge on any atom is 0.337 e. The molecule has 5 heteroatoms. The molecule has 0 bridgehead atoms. The van der Waals surface area contributed by atoms with Crippen LogP contribution >= 0.6 is 11.3 Å². The van der Waals surface area contributed by atoms with Crippen molar-refractivity contribution in [2.75, 3.05) is 0 Å². The number of aromatic carboxylic acids is 1. The highest BCUT2D eigenvalue weighted by atomic mass is 32.1. The average Bonchev–Trinajstić information content (AvgIpc) is 2.96. The molecule has 0 aliphatic carbocycles. The van der Waals surface area contributed by atoms with Crippen molar-refractivity contribution in [1.82, 2.24) is 9.55 Å². The van der Waals surface area contributed by atoms with Crippen molar-refractivity contribution in [1.29, 1.82) is 0 Å². The van der Waals surface area contributed by atoms with Crippen molar-refractivity contribution >= 4 is 28.2 Å². The quantitative estimate of drug-likeness (QED) is 0.754. The summed E-state index contributed by atoms with van der Waals surface area (Å²) in [7, 11) is 0. The highest BCUT2D eigenvalue weighted by Gasteiger charge is 2.13. The normalized spacial score (nSPS) is 10.8. The predicted molar refractivity (Wildman–Crippen MR) is 65.9 cm³/mol. The first-order chi connectivity index (χ1) is 8.27. The minimum atomic E-state index is -0.917. The topological polar surface area (TPSA) is 55.1 Å². The van der Waals surface area contributed by atoms with E-state index >= 15 is 0 Å². The van der Waals surface area contributed by atoms with E-state index in [1.165, 1.54) is 11.3 Å². The summed E-state index contributed by atoms with van der Waals surface area (Å²) in [6, 6.07) is 7.17. The molecule has 4 nitrogen and oxygen atoms in total. The van der Waals surface area contributed by atoms with Crippen molar-refractivity contribution < 1.29 is 9.90 Å². The van der Waals surface area contributed by atoms with Gasteiger partial charge in [0.25, 0.3) is 0 Å². The maximum atomic E-state index is 11.2. The van der Waals surface area contributed by atoms with E-state index in [1.54, 1.807) is 23.8 Å². The third-order valence-corrected chi connectivity index (χ3v) is 3.37. The minimum absolute atomic E-state index is 0.306. The van der Waals surface area contributed by atoms with Gasteiger partial charge in [-0.1, -0.05) is 12.1 Å². The van der Waals surface area contributed by atoms with Gasteiger partial charge < -0.3 is 9.67 Å². The van der Waals surface area contributed by atoms with E-state index in [0.717, 1.165) is 10.4 Å². The van der Waals surface area contributed by atoms with Gasteiger partial charge in [0.15, 0.2) is 0 Å². The molecule has 2 heterocycles. The standard InChI is InChI=1S/C12H8N2O2S/c15-12(16)9-3-1-2-8-4-5-14(11(8)9)10-6-13-7-17-10/h1-7H,(H,15,16). The van der Waals surface area contributed by atoms with Gasteiger partial charge in [0.1, 0.15) is 5.00 Å². The number of aromatic nitrogens is 2. The van der Waals surface area contributed by atoms with Crippen LogP contribution < -0.4 is 0 Å². The van der Waals surface area contributed by atoms with Gasteiger partial charge >= 0.3 is 5.97 Å². The Hall–Kier alpha value is -2.14. The van der Waals surface area contributed by atoms with Crippen molar-refractivity contribution in [2.45, 2.75) is 0 Å². The van der Waals surface area contributed by atoms with Crippen LogP contribution in [0, 0.1) is 0 Å². The summed E-state index contributed by atoms with van der Waals surface area (Å²) < 4.78 is 1.86. The zero-order valence-electron chi connectivity index (χ0n) is 8.70. The second-order valence-corrected chi connectivity index (χ2v) is 4.44. The predicted octanol–water partition coefficient (Wildman–Crippen LogP) is 2.79. The molecule has 17 heavy (non-hydrogen) atoms. The lowest BCUT2D eigenvalue weighted by molar-refractivity contribution is 0.0698. The lowest BCUT2D eigenvalue weighted by Crippen LogP contribution is -2.00. The second kappa shape index (κ2) is 3.71. The fourth-order valence-electron chi connectivity index (χ4n) is 1.88. The molecule has 84 valence electrons. The van der Waals surface area contributed by atoms with Crippen LogP contribution in [0.2, 0.25) is 0 Å². The van der Waals surface area contributed by atoms with Gasteiger partial charge in [0.05, 0.1) is 22.8 Å². The molecule has 0 amide bonds. The zero-order valence-corrected chi connectivity index (χ0v) is 9.52. The number of hydrogen-bond acceptors (Lipinski definition) is 3. The summed E-state index contributed by atoms with van der Waals surface area (Å²) >= 11 is 1.47. The molecule has 0 aliphatic rings. The van der Waals surface area contributed by atoms with Crippen molar-refractivity contribution in [2.24, 2.45) is 0 Å². The number of benzene rings is 1. The molecule has 1 aromatic carbocycles. The molecule has 3 rings (SSSR count). The van der Waals surface area contributed by atoms with E-state index in [1.807, 2.05) is 22.9 Å². The van der Waals surface area contributed by atoms with Crippen LogP contribution in [0.15, 0.2) is 42.2 Å². The summed E-state index contributed by atoms with van der Waals surface area (Å²) in [6.07, 6.45) is 3.59. The summed E-state index contributed by atoms with van der Waals surface area (Å²) in [5.74, 6) is -0.917. The number of rotatable bonds is 2. The van der Waals surface area contributed by atoms with Crippen LogP contribution in [-0.2, 0) is 0 Å². The molecular weight excluding hydrogens is 236 g/mol. The van der Waals surface area contributed by atoms with E-state index in [9.17, 15) is 9.90 Å². The summed E-state index contributed by atoms with van der Waals surface area (Å²) in [6.45, 7) is 0. The molecule has 1 N–H and O–H groups in total. The number of carboxylic acids is 1. The molecule has 0 saturated heterocycles. The molecule has 0 atom stereocenters. The highest BCUT2D eigenvalue weighted by Crippen LogP contribution is 2.25. The van der Waals surface area contributed by atoms with E-state index < -0.39 is 5.97 Å². The monoisotopic (exact) mass is 244 g/mol. The number of carbonyl (C=O) groups is 1. The van der Waals surface area contributed by atoms with E-state index in [2.05, 4.69) is 4.98 Å². The minimum Gasteiger partial charge on any atom is -0.478 e. The van der Waals surface area contributed by atoms with Crippen molar-refractivity contribution in [3.8, 4) is 5.00 Å². The Bertz CT molecular complexity index is 686. The first-order valence-electron chi connectivity index (χ1n) is 4.99. The van der Waals surface area contributed by atoms with Gasteiger partial charge in [-0.2, -0.15) is 0 Å². The number of thiazole rings is 1. The summed E-state index contributed by atoms with van der Waals surface area (Å²) in [5.41, 5.74) is 2.75. The van der Waals surface area contributed by atoms with Crippen LogP contribution in [0.5, 0.6) is 0 Å². The molecule has 0 radical (unpaired) electrons. The number of nitrogens with zero attached hydrogens (tertiary/aromatic N) is 2. The van der Waals surface area contributed by atoms with Gasteiger partial charge in [0, 0.05) is 11.6 Å². The van der Waals surface area contributed by atoms with Gasteiger partial charge in [-0.25, -0.2) is 4.79 Å². The fraction of sp³-hybridized carbons (Fsp3) is 0. The van der Waals surface area contributed by atoms with E-state index in [4.69, 9.17) is 0 Å². The third-order valence-electron chi connectivity index (χ3n) is 2.60. The Morgan fingerprint density at radius 2 is 2.24 bits per heavy atom. The summed E-state index contributed by atoms with van der Waals surface area (Å²) in [5, 5.41) is 11.0. The first kappa shape index (κ1) is 10.0. The molecule has 3 aromatic rings. The van der Waals surface area contributed by atoms with Crippen LogP contribution in [0.1, 0.15) is 10.4 Å². The molecule has 0 saturated carbocycles. The second-order valence-electron chi connectivity index (χ2n) is 3.57. The molecule has 0 aliphatic heterocycles. The van der Waals surface area contributed by atoms with Crippen LogP contribution in [0.25, 0.3) is 15.9 Å². The Morgan fingerprint density at radius 1 is 1.35 bits per heavy atom. The smallest absolute Gasteiger partial charge is 0.337 e. The van der Waals surface area contributed by atoms with Gasteiger partial charge in [-0.3, -0.25) is 4.98 Å². The SMILES string of the molecule is O=C(O)c1cccc2ccn(-c3cncs3)c12. The number of fused-ring (bicyclic) bond motifs is 1. The van der Waals surface area contributed by atoms with Crippen LogP contribution in [-0.4, -0.2) is 20.6 Å². The lowest BCUT2D eigenvalue weighted by Gasteiger charge is -2.04. The average molecular weight is 244 g/mol. The highest BCUT2D eigenvalue weighted by molar-refractivity contribution is 7.12. The van der Waals surface area contributed by atoms with E-state index in [-0.39, 0.29) is 0 Å². The lowest BCUT2D eigenvalue weighted by atomic mass is 10.1. The van der Waals surface area contributed by atoms with Gasteiger partial charge in [-0.15, -0.1) is 11.3 Å². The molecule has 2 aromatic heterocycles. The zero-order chi connectivity index (χ0) is 11.8. The van der Waals surface area contributed by atoms with Crippen LogP contribution in [0.4, 0.5) is 0 Å². The Balaban J connectivity index is 2.37. The fourth-order valence-corrected chi connectivity index (χ4v) is 2.50. The van der Waals surface area contributed by atoms with Crippen molar-refractivity contribution in [3.05, 3.63) is 47.7 Å². The van der Waals surface area contributed by atoms with E-state index in [0.29, 0.717) is 11.1 Å². The largest absolute Gasteiger partial charge is 0.478 e. The molecule has 0 spiro atoms. The van der Waals surface area contributed by atoms with Gasteiger partial charge in [0.2, 0.25) is 0 Å². The number of para-hydroxylation sites is 1. The molecule has 0 unspecified atom stereocenters. The number of carboxylic acid groups (broad SMARTS) is 1. The van der Waals surface area contributed by atoms with Crippen molar-refractivity contribution in [3.63, 3.8) is 0 Å². The number of hydrogen-bond donors (Lipinski definition) is 1.